The van der Waals surface area contributed by atoms with E-state index in [0.29, 0.717) is 17.2 Å². The lowest BCUT2D eigenvalue weighted by Gasteiger charge is -2.24. The van der Waals surface area contributed by atoms with Gasteiger partial charge in [-0.25, -0.2) is 12.7 Å². The van der Waals surface area contributed by atoms with Crippen LogP contribution >= 0.6 is 0 Å². The fraction of sp³-hybridized carbons (Fsp3) is 0.538. The molecule has 1 fully saturated rings. The molecule has 0 bridgehead atoms. The van der Waals surface area contributed by atoms with Crippen molar-refractivity contribution < 1.29 is 8.42 Å². The number of para-hydroxylation sites is 1. The zero-order valence-electron chi connectivity index (χ0n) is 10.8. The number of nitrogen functional groups attached to an aromatic ring is 1. The van der Waals surface area contributed by atoms with Crippen LogP contribution in [0.3, 0.4) is 0 Å². The van der Waals surface area contributed by atoms with Crippen LogP contribution in [0.5, 0.6) is 0 Å². The van der Waals surface area contributed by atoms with Crippen molar-refractivity contribution in [1.29, 1.82) is 0 Å². The highest BCUT2D eigenvalue weighted by atomic mass is 32.2. The number of sulfonamides is 1. The summed E-state index contributed by atoms with van der Waals surface area (Å²) in [7, 11) is -1.62. The van der Waals surface area contributed by atoms with Crippen LogP contribution in [0, 0.1) is 5.92 Å². The summed E-state index contributed by atoms with van der Waals surface area (Å²) >= 11 is 0. The summed E-state index contributed by atoms with van der Waals surface area (Å²) in [5.74, 6) is 0.505. The van der Waals surface area contributed by atoms with E-state index in [1.165, 1.54) is 4.31 Å². The Balaban J connectivity index is 2.14. The van der Waals surface area contributed by atoms with Crippen molar-refractivity contribution in [2.45, 2.75) is 31.6 Å². The minimum absolute atomic E-state index is 0.0206. The second kappa shape index (κ2) is 4.90. The molecule has 4 nitrogen and oxygen atoms in total. The molecule has 18 heavy (non-hydrogen) atoms. The first kappa shape index (κ1) is 13.4. The standard InChI is InChI=1S/C13H20N2O2S/c1-10(11-7-8-11)15(2)18(16,17)9-12-5-3-4-6-13(12)14/h3-6,10-11H,7-9,14H2,1-2H3. The zero-order valence-corrected chi connectivity index (χ0v) is 11.7. The summed E-state index contributed by atoms with van der Waals surface area (Å²) in [5.41, 5.74) is 7.00. The van der Waals surface area contributed by atoms with E-state index in [4.69, 9.17) is 5.73 Å². The third-order valence-corrected chi connectivity index (χ3v) is 5.60. The molecule has 1 unspecified atom stereocenters. The maximum absolute atomic E-state index is 12.3. The van der Waals surface area contributed by atoms with E-state index >= 15 is 0 Å². The molecule has 0 aliphatic heterocycles. The third-order valence-electron chi connectivity index (χ3n) is 3.71. The summed E-state index contributed by atoms with van der Waals surface area (Å²) in [6.45, 7) is 1.98. The number of nitrogens with two attached hydrogens (primary N) is 1. The predicted molar refractivity (Wildman–Crippen MR) is 73.4 cm³/mol. The van der Waals surface area contributed by atoms with Crippen molar-refractivity contribution in [2.24, 2.45) is 5.92 Å². The molecule has 5 heteroatoms. The smallest absolute Gasteiger partial charge is 0.218 e. The van der Waals surface area contributed by atoms with Gasteiger partial charge in [0.2, 0.25) is 10.0 Å². The largest absolute Gasteiger partial charge is 0.398 e. The molecule has 1 saturated carbocycles. The van der Waals surface area contributed by atoms with Gasteiger partial charge < -0.3 is 5.73 Å². The summed E-state index contributed by atoms with van der Waals surface area (Å²) in [5, 5.41) is 0. The van der Waals surface area contributed by atoms with Crippen molar-refractivity contribution in [3.8, 4) is 0 Å². The lowest BCUT2D eigenvalue weighted by Crippen LogP contribution is -2.37. The van der Waals surface area contributed by atoms with Crippen LogP contribution < -0.4 is 5.73 Å². The zero-order chi connectivity index (χ0) is 13.3. The fourth-order valence-corrected chi connectivity index (χ4v) is 3.63. The number of benzene rings is 1. The van der Waals surface area contributed by atoms with Gasteiger partial charge >= 0.3 is 0 Å². The van der Waals surface area contributed by atoms with Gasteiger partial charge in [-0.15, -0.1) is 0 Å². The highest BCUT2D eigenvalue weighted by Gasteiger charge is 2.35. The Hall–Kier alpha value is -1.07. The number of rotatable bonds is 5. The molecule has 1 atom stereocenters. The first-order valence-corrected chi connectivity index (χ1v) is 7.82. The van der Waals surface area contributed by atoms with Gasteiger partial charge in [0.15, 0.2) is 0 Å². The van der Waals surface area contributed by atoms with Crippen LogP contribution in [-0.2, 0) is 15.8 Å². The van der Waals surface area contributed by atoms with Crippen LogP contribution in [-0.4, -0.2) is 25.8 Å². The Morgan fingerprint density at radius 2 is 2.00 bits per heavy atom. The molecule has 0 heterocycles. The predicted octanol–water partition coefficient (Wildman–Crippen LogP) is 1.83. The first-order chi connectivity index (χ1) is 8.42. The second-order valence-electron chi connectivity index (χ2n) is 5.05. The van der Waals surface area contributed by atoms with E-state index in [1.807, 2.05) is 19.1 Å². The maximum atomic E-state index is 12.3. The molecule has 2 rings (SSSR count). The van der Waals surface area contributed by atoms with Crippen LogP contribution in [0.2, 0.25) is 0 Å². The van der Waals surface area contributed by atoms with E-state index in [0.717, 1.165) is 12.8 Å². The topological polar surface area (TPSA) is 63.4 Å². The Morgan fingerprint density at radius 1 is 1.39 bits per heavy atom. The maximum Gasteiger partial charge on any atom is 0.218 e. The van der Waals surface area contributed by atoms with Gasteiger partial charge in [0.25, 0.3) is 0 Å². The molecule has 1 aliphatic carbocycles. The van der Waals surface area contributed by atoms with Gasteiger partial charge in [0.05, 0.1) is 5.75 Å². The summed E-state index contributed by atoms with van der Waals surface area (Å²) in [6.07, 6.45) is 2.27. The second-order valence-corrected chi connectivity index (χ2v) is 7.08. The van der Waals surface area contributed by atoms with Crippen molar-refractivity contribution in [2.75, 3.05) is 12.8 Å². The normalized spacial score (nSPS) is 17.9. The average Bonchev–Trinajstić information content (AvgIpc) is 3.14. The third kappa shape index (κ3) is 2.84. The van der Waals surface area contributed by atoms with Gasteiger partial charge in [-0.1, -0.05) is 18.2 Å². The molecule has 0 radical (unpaired) electrons. The average molecular weight is 268 g/mol. The molecule has 0 aromatic heterocycles. The lowest BCUT2D eigenvalue weighted by atomic mass is 10.2. The molecule has 100 valence electrons. The number of hydrogen-bond donors (Lipinski definition) is 1. The van der Waals surface area contributed by atoms with E-state index in [2.05, 4.69) is 0 Å². The van der Waals surface area contributed by atoms with Crippen molar-refractivity contribution in [3.05, 3.63) is 29.8 Å². The number of anilines is 1. The van der Waals surface area contributed by atoms with Crippen LogP contribution in [0.4, 0.5) is 5.69 Å². The van der Waals surface area contributed by atoms with Gasteiger partial charge in [-0.2, -0.15) is 0 Å². The van der Waals surface area contributed by atoms with Crippen LogP contribution in [0.25, 0.3) is 0 Å². The highest BCUT2D eigenvalue weighted by molar-refractivity contribution is 7.88. The van der Waals surface area contributed by atoms with Gasteiger partial charge in [0.1, 0.15) is 0 Å². The summed E-state index contributed by atoms with van der Waals surface area (Å²) < 4.78 is 26.1. The Kier molecular flexibility index (Phi) is 3.64. The number of hydrogen-bond acceptors (Lipinski definition) is 3. The monoisotopic (exact) mass is 268 g/mol. The molecule has 0 spiro atoms. The molecular formula is C13H20N2O2S. The quantitative estimate of drug-likeness (QED) is 0.829. The van der Waals surface area contributed by atoms with Gasteiger partial charge in [-0.3, -0.25) is 0 Å². The first-order valence-electron chi connectivity index (χ1n) is 6.21. The molecule has 0 saturated heterocycles. The molecular weight excluding hydrogens is 248 g/mol. The van der Waals surface area contributed by atoms with Gasteiger partial charge in [0, 0.05) is 18.8 Å². The Bertz CT molecular complexity index is 524. The molecule has 2 N–H and O–H groups in total. The number of nitrogens with zero attached hydrogens (tertiary/aromatic N) is 1. The highest BCUT2D eigenvalue weighted by Crippen LogP contribution is 2.35. The van der Waals surface area contributed by atoms with Crippen molar-refractivity contribution in [1.82, 2.24) is 4.31 Å². The van der Waals surface area contributed by atoms with Crippen LogP contribution in [0.1, 0.15) is 25.3 Å². The summed E-state index contributed by atoms with van der Waals surface area (Å²) in [4.78, 5) is 0. The molecule has 0 amide bonds. The van der Waals surface area contributed by atoms with Gasteiger partial charge in [-0.05, 0) is 37.3 Å². The minimum Gasteiger partial charge on any atom is -0.398 e. The Labute approximate surface area is 109 Å². The Morgan fingerprint density at radius 3 is 2.56 bits per heavy atom. The van der Waals surface area contributed by atoms with E-state index < -0.39 is 10.0 Å². The van der Waals surface area contributed by atoms with Crippen molar-refractivity contribution in [3.63, 3.8) is 0 Å². The lowest BCUT2D eigenvalue weighted by molar-refractivity contribution is 0.356. The van der Waals surface area contributed by atoms with Crippen LogP contribution in [0.15, 0.2) is 24.3 Å². The SMILES string of the molecule is CC(C1CC1)N(C)S(=O)(=O)Cc1ccccc1N. The molecule has 1 aromatic rings. The summed E-state index contributed by atoms with van der Waals surface area (Å²) in [6, 6.07) is 7.20. The molecule has 1 aromatic carbocycles. The van der Waals surface area contributed by atoms with E-state index in [9.17, 15) is 8.42 Å². The minimum atomic E-state index is -3.29. The van der Waals surface area contributed by atoms with E-state index in [-0.39, 0.29) is 11.8 Å². The van der Waals surface area contributed by atoms with E-state index in [1.54, 1.807) is 19.2 Å². The van der Waals surface area contributed by atoms with Crippen molar-refractivity contribution >= 4 is 15.7 Å². The fourth-order valence-electron chi connectivity index (χ4n) is 2.09. The molecule has 1 aliphatic rings.